The lowest BCUT2D eigenvalue weighted by Gasteiger charge is -2.05. The molecule has 0 radical (unpaired) electrons. The van der Waals surface area contributed by atoms with E-state index in [1.165, 1.54) is 11.1 Å². The van der Waals surface area contributed by atoms with Crippen LogP contribution in [0.5, 0.6) is 0 Å². The van der Waals surface area contributed by atoms with Gasteiger partial charge in [0.05, 0.1) is 10.6 Å². The number of nitrogens with two attached hydrogens (primary N) is 1. The average Bonchev–Trinajstić information content (AvgIpc) is 2.99. The number of hydrogen-bond donors (Lipinski definition) is 1. The molecule has 0 atom stereocenters. The molecule has 102 valence electrons. The van der Waals surface area contributed by atoms with Gasteiger partial charge in [0.1, 0.15) is 11.4 Å². The highest BCUT2D eigenvalue weighted by molar-refractivity contribution is 7.09. The summed E-state index contributed by atoms with van der Waals surface area (Å²) in [5.41, 5.74) is 11.7. The third kappa shape index (κ3) is 2.10. The summed E-state index contributed by atoms with van der Waals surface area (Å²) < 4.78 is 5.18. The Morgan fingerprint density at radius 2 is 1.95 bits per heavy atom. The Morgan fingerprint density at radius 3 is 2.60 bits per heavy atom. The number of thiazole rings is 1. The third-order valence-electron chi connectivity index (χ3n) is 3.38. The summed E-state index contributed by atoms with van der Waals surface area (Å²) in [7, 11) is 0. The van der Waals surface area contributed by atoms with Crippen LogP contribution in [0, 0.1) is 20.8 Å². The Hall–Kier alpha value is -2.14. The van der Waals surface area contributed by atoms with E-state index in [2.05, 4.69) is 36.1 Å². The van der Waals surface area contributed by atoms with Crippen molar-refractivity contribution >= 4 is 17.2 Å². The van der Waals surface area contributed by atoms with Crippen molar-refractivity contribution < 1.29 is 4.52 Å². The second-order valence-electron chi connectivity index (χ2n) is 4.82. The molecule has 0 amide bonds. The van der Waals surface area contributed by atoms with E-state index in [-0.39, 0.29) is 0 Å². The first-order valence-corrected chi connectivity index (χ1v) is 7.19. The van der Waals surface area contributed by atoms with Crippen LogP contribution in [0.3, 0.4) is 0 Å². The molecule has 2 N–H and O–H groups in total. The summed E-state index contributed by atoms with van der Waals surface area (Å²) in [4.78, 5) is 4.46. The number of anilines is 1. The van der Waals surface area contributed by atoms with Crippen molar-refractivity contribution in [1.29, 1.82) is 0 Å². The Labute approximate surface area is 121 Å². The molecule has 0 saturated heterocycles. The van der Waals surface area contributed by atoms with Gasteiger partial charge in [-0.1, -0.05) is 23.4 Å². The monoisotopic (exact) mass is 285 g/mol. The van der Waals surface area contributed by atoms with Crippen molar-refractivity contribution in [3.8, 4) is 22.5 Å². The molecule has 0 bridgehead atoms. The minimum Gasteiger partial charge on any atom is -0.367 e. The Kier molecular flexibility index (Phi) is 3.06. The second-order valence-corrected chi connectivity index (χ2v) is 5.88. The van der Waals surface area contributed by atoms with Crippen molar-refractivity contribution in [1.82, 2.24) is 10.1 Å². The molecule has 0 aliphatic rings. The maximum Gasteiger partial charge on any atom is 0.230 e. The number of hydrogen-bond acceptors (Lipinski definition) is 5. The van der Waals surface area contributed by atoms with E-state index in [0.29, 0.717) is 11.6 Å². The highest BCUT2D eigenvalue weighted by Gasteiger charge is 2.19. The molecular weight excluding hydrogens is 270 g/mol. The standard InChI is InChI=1S/C15H15N3OS/c1-8-4-5-11(6-9(8)2)13-14(18-19-15(13)16)12-7-20-10(3)17-12/h4-7H,16H2,1-3H3. The number of aromatic nitrogens is 2. The lowest BCUT2D eigenvalue weighted by molar-refractivity contribution is 0.439. The van der Waals surface area contributed by atoms with E-state index >= 15 is 0 Å². The molecule has 4 nitrogen and oxygen atoms in total. The minimum atomic E-state index is 0.328. The van der Waals surface area contributed by atoms with Gasteiger partial charge in [-0.05, 0) is 37.5 Å². The zero-order valence-electron chi connectivity index (χ0n) is 11.6. The van der Waals surface area contributed by atoms with Crippen LogP contribution >= 0.6 is 11.3 Å². The van der Waals surface area contributed by atoms with Gasteiger partial charge in [0.2, 0.25) is 5.88 Å². The van der Waals surface area contributed by atoms with Crippen LogP contribution in [0.1, 0.15) is 16.1 Å². The van der Waals surface area contributed by atoms with Gasteiger partial charge in [0.15, 0.2) is 0 Å². The zero-order chi connectivity index (χ0) is 14.3. The second kappa shape index (κ2) is 4.76. The summed E-state index contributed by atoms with van der Waals surface area (Å²) in [6.07, 6.45) is 0. The maximum atomic E-state index is 5.95. The SMILES string of the molecule is Cc1nc(-c2noc(N)c2-c2ccc(C)c(C)c2)cs1. The van der Waals surface area contributed by atoms with Crippen LogP contribution < -0.4 is 5.73 Å². The van der Waals surface area contributed by atoms with Gasteiger partial charge >= 0.3 is 0 Å². The fraction of sp³-hybridized carbons (Fsp3) is 0.200. The first-order valence-electron chi connectivity index (χ1n) is 6.31. The number of benzene rings is 1. The lowest BCUT2D eigenvalue weighted by atomic mass is 9.99. The van der Waals surface area contributed by atoms with Gasteiger partial charge in [0, 0.05) is 5.38 Å². The average molecular weight is 285 g/mol. The molecule has 0 saturated carbocycles. The van der Waals surface area contributed by atoms with E-state index in [0.717, 1.165) is 21.8 Å². The normalized spacial score (nSPS) is 10.9. The molecule has 0 spiro atoms. The Morgan fingerprint density at radius 1 is 1.15 bits per heavy atom. The van der Waals surface area contributed by atoms with Crippen molar-refractivity contribution in [3.05, 3.63) is 39.7 Å². The van der Waals surface area contributed by atoms with Crippen LogP contribution in [0.2, 0.25) is 0 Å². The molecule has 1 aromatic carbocycles. The fourth-order valence-corrected chi connectivity index (χ4v) is 2.72. The van der Waals surface area contributed by atoms with E-state index in [9.17, 15) is 0 Å². The van der Waals surface area contributed by atoms with Gasteiger partial charge < -0.3 is 10.3 Å². The van der Waals surface area contributed by atoms with Gasteiger partial charge in [-0.3, -0.25) is 0 Å². The Bertz CT molecular complexity index is 773. The molecule has 3 aromatic rings. The topological polar surface area (TPSA) is 64.9 Å². The molecule has 3 rings (SSSR count). The maximum absolute atomic E-state index is 5.95. The van der Waals surface area contributed by atoms with Crippen molar-refractivity contribution in [2.45, 2.75) is 20.8 Å². The van der Waals surface area contributed by atoms with Crippen LogP contribution in [-0.2, 0) is 0 Å². The van der Waals surface area contributed by atoms with E-state index in [1.807, 2.05) is 18.4 Å². The van der Waals surface area contributed by atoms with Gasteiger partial charge in [-0.25, -0.2) is 4.98 Å². The molecule has 2 heterocycles. The number of nitrogens with zero attached hydrogens (tertiary/aromatic N) is 2. The fourth-order valence-electron chi connectivity index (χ4n) is 2.13. The van der Waals surface area contributed by atoms with Gasteiger partial charge in [-0.15, -0.1) is 11.3 Å². The molecule has 20 heavy (non-hydrogen) atoms. The smallest absolute Gasteiger partial charge is 0.230 e. The van der Waals surface area contributed by atoms with Crippen molar-refractivity contribution in [3.63, 3.8) is 0 Å². The van der Waals surface area contributed by atoms with Crippen LogP contribution in [-0.4, -0.2) is 10.1 Å². The Balaban J connectivity index is 2.18. The minimum absolute atomic E-state index is 0.328. The number of rotatable bonds is 2. The molecule has 0 unspecified atom stereocenters. The quantitative estimate of drug-likeness (QED) is 0.773. The predicted octanol–water partition coefficient (Wildman–Crippen LogP) is 3.97. The summed E-state index contributed by atoms with van der Waals surface area (Å²) in [5.74, 6) is 0.328. The molecule has 0 aliphatic carbocycles. The molecular formula is C15H15N3OS. The van der Waals surface area contributed by atoms with Crippen molar-refractivity contribution in [2.75, 3.05) is 5.73 Å². The van der Waals surface area contributed by atoms with E-state index in [1.54, 1.807) is 11.3 Å². The van der Waals surface area contributed by atoms with Crippen LogP contribution in [0.25, 0.3) is 22.5 Å². The molecule has 5 heteroatoms. The summed E-state index contributed by atoms with van der Waals surface area (Å²) >= 11 is 1.58. The van der Waals surface area contributed by atoms with Crippen molar-refractivity contribution in [2.24, 2.45) is 0 Å². The highest BCUT2D eigenvalue weighted by atomic mass is 32.1. The summed E-state index contributed by atoms with van der Waals surface area (Å²) in [5, 5.41) is 7.03. The predicted molar refractivity (Wildman–Crippen MR) is 81.7 cm³/mol. The first kappa shape index (κ1) is 12.9. The van der Waals surface area contributed by atoms with Crippen LogP contribution in [0.15, 0.2) is 28.1 Å². The van der Waals surface area contributed by atoms with Gasteiger partial charge in [-0.2, -0.15) is 0 Å². The molecule has 2 aromatic heterocycles. The van der Waals surface area contributed by atoms with E-state index in [4.69, 9.17) is 10.3 Å². The number of aryl methyl sites for hydroxylation is 3. The zero-order valence-corrected chi connectivity index (χ0v) is 12.4. The van der Waals surface area contributed by atoms with Gasteiger partial charge in [0.25, 0.3) is 0 Å². The lowest BCUT2D eigenvalue weighted by Crippen LogP contribution is -1.90. The summed E-state index contributed by atoms with van der Waals surface area (Å²) in [6, 6.07) is 6.21. The van der Waals surface area contributed by atoms with E-state index < -0.39 is 0 Å². The molecule has 0 aliphatic heterocycles. The summed E-state index contributed by atoms with van der Waals surface area (Å²) in [6.45, 7) is 6.13. The third-order valence-corrected chi connectivity index (χ3v) is 4.15. The first-order chi connectivity index (χ1) is 9.56. The largest absolute Gasteiger partial charge is 0.367 e. The highest BCUT2D eigenvalue weighted by Crippen LogP contribution is 2.37. The molecule has 0 fully saturated rings. The van der Waals surface area contributed by atoms with Crippen LogP contribution in [0.4, 0.5) is 5.88 Å². The number of nitrogen functional groups attached to an aromatic ring is 1.